The van der Waals surface area contributed by atoms with Gasteiger partial charge in [0.15, 0.2) is 5.13 Å². The molecule has 33 heavy (non-hydrogen) atoms. The highest BCUT2D eigenvalue weighted by Crippen LogP contribution is 2.33. The molecule has 0 atom stereocenters. The van der Waals surface area contributed by atoms with Crippen molar-refractivity contribution >= 4 is 32.6 Å². The molecular formula is C24H31N5O3S. The summed E-state index contributed by atoms with van der Waals surface area (Å²) in [5.41, 5.74) is 4.24. The number of fused-ring (bicyclic) bond motifs is 1. The Hall–Kier alpha value is -2.62. The van der Waals surface area contributed by atoms with E-state index in [1.54, 1.807) is 18.7 Å². The summed E-state index contributed by atoms with van der Waals surface area (Å²) in [4.78, 5) is 39.3. The van der Waals surface area contributed by atoms with Crippen LogP contribution in [0.3, 0.4) is 0 Å². The van der Waals surface area contributed by atoms with Crippen LogP contribution in [0.25, 0.3) is 10.2 Å². The van der Waals surface area contributed by atoms with E-state index in [-0.39, 0.29) is 18.0 Å². The van der Waals surface area contributed by atoms with Crippen LogP contribution < -0.4 is 10.5 Å². The molecule has 1 aromatic carbocycles. The number of ether oxygens (including phenoxy) is 1. The molecule has 1 aliphatic heterocycles. The van der Waals surface area contributed by atoms with Crippen LogP contribution in [-0.4, -0.2) is 64.7 Å². The summed E-state index contributed by atoms with van der Waals surface area (Å²) in [6.07, 6.45) is 2.28. The van der Waals surface area contributed by atoms with E-state index >= 15 is 0 Å². The fraction of sp³-hybridized carbons (Fsp3) is 0.500. The number of aryl methyl sites for hydroxylation is 3. The van der Waals surface area contributed by atoms with Gasteiger partial charge in [-0.1, -0.05) is 23.5 Å². The maximum absolute atomic E-state index is 13.5. The fourth-order valence-corrected chi connectivity index (χ4v) is 5.14. The van der Waals surface area contributed by atoms with E-state index < -0.39 is 0 Å². The number of nitrogens with zero attached hydrogens (tertiary/aromatic N) is 5. The fourth-order valence-electron chi connectivity index (χ4n) is 3.99. The van der Waals surface area contributed by atoms with Crippen molar-refractivity contribution in [1.29, 1.82) is 0 Å². The number of morpholine rings is 1. The van der Waals surface area contributed by atoms with Crippen molar-refractivity contribution in [1.82, 2.24) is 19.4 Å². The van der Waals surface area contributed by atoms with E-state index in [2.05, 4.69) is 28.9 Å². The van der Waals surface area contributed by atoms with Gasteiger partial charge in [0.05, 0.1) is 29.8 Å². The molecule has 8 nitrogen and oxygen atoms in total. The molecule has 0 bridgehead atoms. The highest BCUT2D eigenvalue weighted by atomic mass is 32.1. The molecule has 0 radical (unpaired) electrons. The molecule has 9 heteroatoms. The largest absolute Gasteiger partial charge is 0.379 e. The van der Waals surface area contributed by atoms with E-state index in [1.165, 1.54) is 22.2 Å². The lowest BCUT2D eigenvalue weighted by molar-refractivity contribution is -0.119. The first-order valence-electron chi connectivity index (χ1n) is 11.3. The molecule has 3 heterocycles. The zero-order valence-corrected chi connectivity index (χ0v) is 20.6. The summed E-state index contributed by atoms with van der Waals surface area (Å²) in [6.45, 7) is 12.3. The predicted octanol–water partition coefficient (Wildman–Crippen LogP) is 2.84. The van der Waals surface area contributed by atoms with Gasteiger partial charge in [-0.3, -0.25) is 24.0 Å². The monoisotopic (exact) mass is 469 g/mol. The molecule has 4 rings (SSSR count). The van der Waals surface area contributed by atoms with Crippen LogP contribution in [0.5, 0.6) is 0 Å². The Balaban J connectivity index is 1.60. The summed E-state index contributed by atoms with van der Waals surface area (Å²) in [5.74, 6) is -0.154. The number of amides is 1. The number of benzene rings is 1. The maximum atomic E-state index is 13.5. The van der Waals surface area contributed by atoms with Crippen LogP contribution in [0.2, 0.25) is 0 Å². The zero-order chi connectivity index (χ0) is 23.5. The quantitative estimate of drug-likeness (QED) is 0.529. The van der Waals surface area contributed by atoms with Gasteiger partial charge in [0.1, 0.15) is 6.54 Å². The number of rotatable bonds is 7. The van der Waals surface area contributed by atoms with Crippen LogP contribution in [-0.2, 0) is 16.1 Å². The Morgan fingerprint density at radius 1 is 1.15 bits per heavy atom. The normalized spacial score (nSPS) is 14.7. The second kappa shape index (κ2) is 10.1. The summed E-state index contributed by atoms with van der Waals surface area (Å²) < 4.78 is 7.92. The molecule has 0 unspecified atom stereocenters. The van der Waals surface area contributed by atoms with Gasteiger partial charge in [0.25, 0.3) is 5.56 Å². The second-order valence-electron chi connectivity index (χ2n) is 8.61. The smallest absolute Gasteiger partial charge is 0.256 e. The first-order valence-corrected chi connectivity index (χ1v) is 12.2. The predicted molar refractivity (Wildman–Crippen MR) is 131 cm³/mol. The molecule has 3 aromatic rings. The van der Waals surface area contributed by atoms with Crippen molar-refractivity contribution in [3.63, 3.8) is 0 Å². The minimum absolute atomic E-state index is 0.0571. The van der Waals surface area contributed by atoms with Gasteiger partial charge in [-0.15, -0.1) is 0 Å². The minimum Gasteiger partial charge on any atom is -0.379 e. The van der Waals surface area contributed by atoms with Crippen LogP contribution in [0, 0.1) is 27.7 Å². The van der Waals surface area contributed by atoms with Crippen LogP contribution in [0.15, 0.2) is 23.3 Å². The van der Waals surface area contributed by atoms with Gasteiger partial charge in [-0.2, -0.15) is 0 Å². The molecule has 1 saturated heterocycles. The summed E-state index contributed by atoms with van der Waals surface area (Å²) >= 11 is 1.54. The van der Waals surface area contributed by atoms with Crippen molar-refractivity contribution in [3.8, 4) is 0 Å². The third kappa shape index (κ3) is 5.15. The van der Waals surface area contributed by atoms with Crippen molar-refractivity contribution in [2.75, 3.05) is 44.3 Å². The maximum Gasteiger partial charge on any atom is 0.256 e. The standard InChI is InChI=1S/C24H31N5O3S/c1-16-6-7-17(2)22-21(16)26-24(33-22)29(9-5-8-27-10-12-32-13-11-27)20(30)14-28-15-25-19(4)18(3)23(28)31/h6-7,15H,5,8-14H2,1-4H3. The number of thiazole rings is 1. The first-order chi connectivity index (χ1) is 15.8. The molecule has 2 aromatic heterocycles. The molecule has 176 valence electrons. The lowest BCUT2D eigenvalue weighted by Crippen LogP contribution is -2.41. The highest BCUT2D eigenvalue weighted by molar-refractivity contribution is 7.22. The molecule has 1 fully saturated rings. The van der Waals surface area contributed by atoms with Crippen LogP contribution in [0.1, 0.15) is 28.8 Å². The van der Waals surface area contributed by atoms with E-state index in [9.17, 15) is 9.59 Å². The number of hydrogen-bond donors (Lipinski definition) is 0. The van der Waals surface area contributed by atoms with Gasteiger partial charge in [0, 0.05) is 37.4 Å². The number of hydrogen-bond acceptors (Lipinski definition) is 7. The highest BCUT2D eigenvalue weighted by Gasteiger charge is 2.22. The number of aromatic nitrogens is 3. The zero-order valence-electron chi connectivity index (χ0n) is 19.8. The van der Waals surface area contributed by atoms with Crippen molar-refractivity contribution in [3.05, 3.63) is 51.2 Å². The minimum atomic E-state index is -0.180. The van der Waals surface area contributed by atoms with Gasteiger partial charge >= 0.3 is 0 Å². The summed E-state index contributed by atoms with van der Waals surface area (Å²) in [7, 11) is 0. The van der Waals surface area contributed by atoms with Crippen molar-refractivity contribution in [2.24, 2.45) is 0 Å². The average Bonchev–Trinajstić information content (AvgIpc) is 3.27. The summed E-state index contributed by atoms with van der Waals surface area (Å²) in [5, 5.41) is 0.680. The third-order valence-electron chi connectivity index (χ3n) is 6.24. The average molecular weight is 470 g/mol. The Kier molecular flexibility index (Phi) is 7.21. The second-order valence-corrected chi connectivity index (χ2v) is 9.59. The van der Waals surface area contributed by atoms with E-state index in [1.807, 2.05) is 6.92 Å². The van der Waals surface area contributed by atoms with Gasteiger partial charge in [-0.05, 0) is 45.2 Å². The van der Waals surface area contributed by atoms with Crippen LogP contribution >= 0.6 is 11.3 Å². The first kappa shape index (κ1) is 23.5. The Morgan fingerprint density at radius 3 is 2.61 bits per heavy atom. The lowest BCUT2D eigenvalue weighted by atomic mass is 10.1. The molecule has 0 spiro atoms. The van der Waals surface area contributed by atoms with E-state index in [0.717, 1.165) is 60.6 Å². The SMILES string of the molecule is Cc1ncn(CC(=O)N(CCCN2CCOCC2)c2nc3c(C)ccc(C)c3s2)c(=O)c1C. The van der Waals surface area contributed by atoms with Crippen molar-refractivity contribution in [2.45, 2.75) is 40.7 Å². The third-order valence-corrected chi connectivity index (χ3v) is 7.46. The number of carbonyl (C=O) groups is 1. The Morgan fingerprint density at radius 2 is 1.88 bits per heavy atom. The lowest BCUT2D eigenvalue weighted by Gasteiger charge is -2.27. The summed E-state index contributed by atoms with van der Waals surface area (Å²) in [6, 6.07) is 4.15. The number of anilines is 1. The Labute approximate surface area is 197 Å². The van der Waals surface area contributed by atoms with Crippen LogP contribution in [0.4, 0.5) is 5.13 Å². The molecule has 0 aliphatic carbocycles. The molecule has 1 aliphatic rings. The molecule has 0 saturated carbocycles. The van der Waals surface area contributed by atoms with Gasteiger partial charge < -0.3 is 4.74 Å². The number of carbonyl (C=O) groups excluding carboxylic acids is 1. The van der Waals surface area contributed by atoms with Crippen molar-refractivity contribution < 1.29 is 9.53 Å². The van der Waals surface area contributed by atoms with E-state index in [4.69, 9.17) is 9.72 Å². The van der Waals surface area contributed by atoms with Gasteiger partial charge in [-0.25, -0.2) is 9.97 Å². The Bertz CT molecular complexity index is 1170. The molecule has 1 amide bonds. The van der Waals surface area contributed by atoms with Gasteiger partial charge in [0.2, 0.25) is 5.91 Å². The topological polar surface area (TPSA) is 80.6 Å². The molecular weight excluding hydrogens is 438 g/mol. The molecule has 0 N–H and O–H groups in total. The van der Waals surface area contributed by atoms with E-state index in [0.29, 0.717) is 22.9 Å².